The monoisotopic (exact) mass is 297 g/mol. The maximum absolute atomic E-state index is 12.1. The van der Waals surface area contributed by atoms with E-state index in [0.29, 0.717) is 13.1 Å². The minimum Gasteiger partial charge on any atom is -0.347 e. The highest BCUT2D eigenvalue weighted by Gasteiger charge is 2.10. The first-order valence-electron chi connectivity index (χ1n) is 7.72. The number of likely N-dealkylation sites (N-methyl/N-ethyl adjacent to an activating group) is 1. The quantitative estimate of drug-likeness (QED) is 0.835. The van der Waals surface area contributed by atoms with Crippen molar-refractivity contribution >= 4 is 5.91 Å². The number of carbonyl (C=O) groups is 1. The Hall–Kier alpha value is -2.13. The summed E-state index contributed by atoms with van der Waals surface area (Å²) in [6.45, 7) is 6.09. The Morgan fingerprint density at radius 2 is 1.73 bits per heavy atom. The largest absolute Gasteiger partial charge is 0.347 e. The molecule has 3 heteroatoms. The number of hydrogen-bond acceptors (Lipinski definition) is 1. The third-order valence-corrected chi connectivity index (χ3v) is 3.83. The van der Waals surface area contributed by atoms with E-state index in [9.17, 15) is 4.79 Å². The molecule has 0 fully saturated rings. The smallest absolute Gasteiger partial charge is 0.275 e. The van der Waals surface area contributed by atoms with Crippen LogP contribution in [0.1, 0.15) is 22.3 Å². The minimum atomic E-state index is 0.0906. The molecule has 2 rings (SSSR count). The molecular formula is C19H25N2O+. The van der Waals surface area contributed by atoms with E-state index in [2.05, 4.69) is 55.6 Å². The van der Waals surface area contributed by atoms with E-state index in [-0.39, 0.29) is 5.91 Å². The van der Waals surface area contributed by atoms with E-state index in [1.165, 1.54) is 27.2 Å². The van der Waals surface area contributed by atoms with Gasteiger partial charge >= 0.3 is 0 Å². The van der Waals surface area contributed by atoms with Crippen LogP contribution in [0.25, 0.3) is 0 Å². The van der Waals surface area contributed by atoms with E-state index in [1.807, 2.05) is 19.2 Å². The van der Waals surface area contributed by atoms with Gasteiger partial charge in [0, 0.05) is 12.1 Å². The zero-order valence-corrected chi connectivity index (χ0v) is 13.6. The first-order chi connectivity index (χ1) is 10.5. The molecule has 0 spiro atoms. The highest BCUT2D eigenvalue weighted by atomic mass is 16.2. The van der Waals surface area contributed by atoms with Crippen LogP contribution in [0.3, 0.4) is 0 Å². The van der Waals surface area contributed by atoms with Crippen LogP contribution in [0.5, 0.6) is 0 Å². The van der Waals surface area contributed by atoms with Gasteiger partial charge in [-0.3, -0.25) is 4.79 Å². The highest BCUT2D eigenvalue weighted by Crippen LogP contribution is 2.05. The Kier molecular flexibility index (Phi) is 5.73. The van der Waals surface area contributed by atoms with Crippen LogP contribution in [0, 0.1) is 13.8 Å². The lowest BCUT2D eigenvalue weighted by Gasteiger charge is -2.14. The summed E-state index contributed by atoms with van der Waals surface area (Å²) in [4.78, 5) is 13.2. The van der Waals surface area contributed by atoms with Crippen LogP contribution >= 0.6 is 0 Å². The molecule has 1 atom stereocenters. The lowest BCUT2D eigenvalue weighted by atomic mass is 10.1. The van der Waals surface area contributed by atoms with Gasteiger partial charge in [-0.1, -0.05) is 54.1 Å². The summed E-state index contributed by atoms with van der Waals surface area (Å²) in [6.07, 6.45) is 0. The molecule has 2 aromatic carbocycles. The van der Waals surface area contributed by atoms with Crippen molar-refractivity contribution in [1.82, 2.24) is 5.32 Å². The van der Waals surface area contributed by atoms with Gasteiger partial charge < -0.3 is 10.2 Å². The third kappa shape index (κ3) is 5.01. The molecule has 2 aromatic rings. The van der Waals surface area contributed by atoms with Gasteiger partial charge in [0.25, 0.3) is 5.91 Å². The fraction of sp³-hybridized carbons (Fsp3) is 0.316. The van der Waals surface area contributed by atoms with Crippen molar-refractivity contribution in [2.75, 3.05) is 13.6 Å². The molecule has 0 aliphatic rings. The van der Waals surface area contributed by atoms with Crippen LogP contribution in [-0.4, -0.2) is 19.5 Å². The van der Waals surface area contributed by atoms with Gasteiger partial charge in [-0.05, 0) is 25.0 Å². The summed E-state index contributed by atoms with van der Waals surface area (Å²) in [5.74, 6) is 0.0906. The van der Waals surface area contributed by atoms with E-state index in [0.717, 1.165) is 6.54 Å². The number of aryl methyl sites for hydroxylation is 2. The maximum Gasteiger partial charge on any atom is 0.275 e. The molecule has 0 bridgehead atoms. The molecule has 0 heterocycles. The fourth-order valence-electron chi connectivity index (χ4n) is 2.46. The van der Waals surface area contributed by atoms with Gasteiger partial charge in [0.05, 0.1) is 7.05 Å². The van der Waals surface area contributed by atoms with Crippen LogP contribution in [0.2, 0.25) is 0 Å². The van der Waals surface area contributed by atoms with Gasteiger partial charge in [-0.15, -0.1) is 0 Å². The summed E-state index contributed by atoms with van der Waals surface area (Å²) >= 11 is 0. The van der Waals surface area contributed by atoms with Crippen molar-refractivity contribution in [3.05, 3.63) is 70.8 Å². The molecule has 0 saturated heterocycles. The van der Waals surface area contributed by atoms with Crippen molar-refractivity contribution in [2.45, 2.75) is 26.9 Å². The summed E-state index contributed by atoms with van der Waals surface area (Å²) in [5.41, 5.74) is 4.90. The van der Waals surface area contributed by atoms with Crippen LogP contribution in [-0.2, 0) is 17.9 Å². The second-order valence-electron chi connectivity index (χ2n) is 6.00. The topological polar surface area (TPSA) is 33.5 Å². The molecule has 1 amide bonds. The molecular weight excluding hydrogens is 272 g/mol. The van der Waals surface area contributed by atoms with Gasteiger partial charge in [0.1, 0.15) is 6.54 Å². The molecule has 0 aliphatic carbocycles. The predicted octanol–water partition coefficient (Wildman–Crippen LogP) is 1.63. The number of amides is 1. The Labute approximate surface area is 133 Å². The normalized spacial score (nSPS) is 12.0. The number of carbonyl (C=O) groups excluding carboxylic acids is 1. The molecule has 0 saturated carbocycles. The van der Waals surface area contributed by atoms with Crippen molar-refractivity contribution in [2.24, 2.45) is 0 Å². The van der Waals surface area contributed by atoms with E-state index in [4.69, 9.17) is 0 Å². The van der Waals surface area contributed by atoms with Crippen molar-refractivity contribution < 1.29 is 9.69 Å². The average molecular weight is 297 g/mol. The van der Waals surface area contributed by atoms with Crippen LogP contribution in [0.4, 0.5) is 0 Å². The van der Waals surface area contributed by atoms with Crippen LogP contribution < -0.4 is 10.2 Å². The second-order valence-corrected chi connectivity index (χ2v) is 6.00. The second kappa shape index (κ2) is 7.76. The minimum absolute atomic E-state index is 0.0906. The van der Waals surface area contributed by atoms with Gasteiger partial charge in [-0.2, -0.15) is 0 Å². The molecule has 116 valence electrons. The zero-order valence-electron chi connectivity index (χ0n) is 13.6. The molecule has 2 N–H and O–H groups in total. The molecule has 1 unspecified atom stereocenters. The summed E-state index contributed by atoms with van der Waals surface area (Å²) < 4.78 is 0. The molecule has 3 nitrogen and oxygen atoms in total. The van der Waals surface area contributed by atoms with E-state index < -0.39 is 0 Å². The summed E-state index contributed by atoms with van der Waals surface area (Å²) in [5, 5.41) is 3.01. The van der Waals surface area contributed by atoms with Crippen molar-refractivity contribution in [3.8, 4) is 0 Å². The molecule has 0 radical (unpaired) electrons. The summed E-state index contributed by atoms with van der Waals surface area (Å²) in [7, 11) is 2.05. The Bertz CT molecular complexity index is 620. The zero-order chi connectivity index (χ0) is 15.9. The molecule has 0 aromatic heterocycles. The average Bonchev–Trinajstić information content (AvgIpc) is 2.49. The van der Waals surface area contributed by atoms with Gasteiger partial charge in [-0.25, -0.2) is 0 Å². The number of quaternary nitrogens is 1. The fourth-order valence-corrected chi connectivity index (χ4v) is 2.46. The van der Waals surface area contributed by atoms with Crippen molar-refractivity contribution in [3.63, 3.8) is 0 Å². The first kappa shape index (κ1) is 16.2. The van der Waals surface area contributed by atoms with Crippen LogP contribution in [0.15, 0.2) is 48.5 Å². The third-order valence-electron chi connectivity index (χ3n) is 3.83. The van der Waals surface area contributed by atoms with E-state index >= 15 is 0 Å². The number of nitrogens with one attached hydrogen (secondary N) is 2. The van der Waals surface area contributed by atoms with Gasteiger partial charge in [0.15, 0.2) is 6.54 Å². The standard InChI is InChI=1S/C19H24N2O/c1-15-8-10-17(11-9-15)13-21(3)14-19(22)20-12-18-7-5-4-6-16(18)2/h4-11H,12-14H2,1-3H3,(H,20,22)/p+1. The lowest BCUT2D eigenvalue weighted by molar-refractivity contribution is -0.885. The number of hydrogen-bond donors (Lipinski definition) is 2. The lowest BCUT2D eigenvalue weighted by Crippen LogP contribution is -3.08. The number of benzene rings is 2. The Morgan fingerprint density at radius 1 is 1.05 bits per heavy atom. The van der Waals surface area contributed by atoms with Crippen molar-refractivity contribution in [1.29, 1.82) is 0 Å². The Morgan fingerprint density at radius 3 is 2.41 bits per heavy atom. The predicted molar refractivity (Wildman–Crippen MR) is 89.7 cm³/mol. The summed E-state index contributed by atoms with van der Waals surface area (Å²) in [6, 6.07) is 16.6. The maximum atomic E-state index is 12.1. The Balaban J connectivity index is 1.79. The molecule has 0 aliphatic heterocycles. The first-order valence-corrected chi connectivity index (χ1v) is 7.72. The SMILES string of the molecule is Cc1ccc(C[NH+](C)CC(=O)NCc2ccccc2C)cc1. The van der Waals surface area contributed by atoms with E-state index in [1.54, 1.807) is 0 Å². The highest BCUT2D eigenvalue weighted by molar-refractivity contribution is 5.76. The van der Waals surface area contributed by atoms with Gasteiger partial charge in [0.2, 0.25) is 0 Å². The molecule has 22 heavy (non-hydrogen) atoms. The number of rotatable bonds is 6.